The molecule has 2 atom stereocenters. The molecule has 0 spiro atoms. The molecule has 1 fully saturated rings. The maximum Gasteiger partial charge on any atom is 0.0705 e. The third kappa shape index (κ3) is 3.49. The summed E-state index contributed by atoms with van der Waals surface area (Å²) in [5.74, 6) is 0. The highest BCUT2D eigenvalue weighted by atomic mass is 15.0. The van der Waals surface area contributed by atoms with Crippen LogP contribution < -0.4 is 10.6 Å². The summed E-state index contributed by atoms with van der Waals surface area (Å²) < 4.78 is 0. The van der Waals surface area contributed by atoms with Crippen LogP contribution in [0.25, 0.3) is 11.3 Å². The minimum absolute atomic E-state index is 0.474. The molecule has 0 aliphatic carbocycles. The van der Waals surface area contributed by atoms with Gasteiger partial charge in [0.15, 0.2) is 0 Å². The number of likely N-dealkylation sites (N-methyl/N-ethyl adjacent to an activating group) is 1. The van der Waals surface area contributed by atoms with Gasteiger partial charge < -0.3 is 10.6 Å². The summed E-state index contributed by atoms with van der Waals surface area (Å²) in [7, 11) is 2.05. The Balaban J connectivity index is 1.77. The zero-order valence-corrected chi connectivity index (χ0v) is 12.5. The molecule has 0 saturated carbocycles. The van der Waals surface area contributed by atoms with Gasteiger partial charge in [0.2, 0.25) is 0 Å². The third-order valence-corrected chi connectivity index (χ3v) is 4.26. The summed E-state index contributed by atoms with van der Waals surface area (Å²) in [5, 5.41) is 7.06. The van der Waals surface area contributed by atoms with Crippen LogP contribution in [0.2, 0.25) is 0 Å². The first-order valence-corrected chi connectivity index (χ1v) is 7.79. The average molecular weight is 281 g/mol. The molecule has 21 heavy (non-hydrogen) atoms. The van der Waals surface area contributed by atoms with Crippen LogP contribution in [0.5, 0.6) is 0 Å². The molecule has 1 aromatic carbocycles. The molecular weight excluding hydrogens is 258 g/mol. The van der Waals surface area contributed by atoms with Crippen LogP contribution in [0.4, 0.5) is 0 Å². The molecule has 1 saturated heterocycles. The van der Waals surface area contributed by atoms with Crippen LogP contribution in [0, 0.1) is 0 Å². The minimum Gasteiger partial charge on any atom is -0.315 e. The monoisotopic (exact) mass is 281 g/mol. The predicted molar refractivity (Wildman–Crippen MR) is 87.2 cm³/mol. The maximum atomic E-state index is 4.84. The lowest BCUT2D eigenvalue weighted by Crippen LogP contribution is -2.51. The Bertz CT molecular complexity index is 568. The maximum absolute atomic E-state index is 4.84. The molecule has 2 N–H and O–H groups in total. The molecular formula is C18H23N3. The van der Waals surface area contributed by atoms with Gasteiger partial charge in [0.1, 0.15) is 0 Å². The Kier molecular flexibility index (Phi) is 4.63. The van der Waals surface area contributed by atoms with Crippen molar-refractivity contribution in [3.8, 4) is 11.3 Å². The highest BCUT2D eigenvalue weighted by molar-refractivity contribution is 5.58. The lowest BCUT2D eigenvalue weighted by atomic mass is 9.94. The van der Waals surface area contributed by atoms with Gasteiger partial charge in [-0.2, -0.15) is 0 Å². The van der Waals surface area contributed by atoms with Crippen molar-refractivity contribution in [2.24, 2.45) is 0 Å². The number of piperidine rings is 1. The van der Waals surface area contributed by atoms with Crippen molar-refractivity contribution in [2.75, 3.05) is 13.6 Å². The van der Waals surface area contributed by atoms with E-state index in [1.807, 2.05) is 6.07 Å². The van der Waals surface area contributed by atoms with Gasteiger partial charge in [-0.25, -0.2) is 0 Å². The lowest BCUT2D eigenvalue weighted by Gasteiger charge is -2.32. The van der Waals surface area contributed by atoms with Crippen molar-refractivity contribution in [1.29, 1.82) is 0 Å². The molecule has 2 heterocycles. The first kappa shape index (κ1) is 14.2. The standard InChI is InChI=1S/C18H23N3/c1-19-17-11-6-12-20-18(17)13-15-9-5-10-16(21-15)14-7-3-2-4-8-14/h2-5,7-10,17-20H,6,11-13H2,1H3. The number of benzene rings is 1. The van der Waals surface area contributed by atoms with Gasteiger partial charge in [0.05, 0.1) is 5.69 Å². The molecule has 110 valence electrons. The Morgan fingerprint density at radius 1 is 1.14 bits per heavy atom. The zero-order valence-electron chi connectivity index (χ0n) is 12.5. The van der Waals surface area contributed by atoms with Crippen molar-refractivity contribution in [1.82, 2.24) is 15.6 Å². The van der Waals surface area contributed by atoms with Gasteiger partial charge in [-0.15, -0.1) is 0 Å². The van der Waals surface area contributed by atoms with Crippen molar-refractivity contribution < 1.29 is 0 Å². The zero-order chi connectivity index (χ0) is 14.5. The smallest absolute Gasteiger partial charge is 0.0705 e. The van der Waals surface area contributed by atoms with E-state index in [4.69, 9.17) is 4.98 Å². The van der Waals surface area contributed by atoms with Crippen molar-refractivity contribution >= 4 is 0 Å². The van der Waals surface area contributed by atoms with Gasteiger partial charge in [-0.1, -0.05) is 36.4 Å². The van der Waals surface area contributed by atoms with E-state index < -0.39 is 0 Å². The Labute approximate surface area is 126 Å². The van der Waals surface area contributed by atoms with Gasteiger partial charge in [0, 0.05) is 29.8 Å². The summed E-state index contributed by atoms with van der Waals surface area (Å²) >= 11 is 0. The molecule has 1 aliphatic rings. The molecule has 0 amide bonds. The number of nitrogens with one attached hydrogen (secondary N) is 2. The molecule has 3 heteroatoms. The van der Waals surface area contributed by atoms with Gasteiger partial charge in [-0.3, -0.25) is 4.98 Å². The van der Waals surface area contributed by atoms with E-state index in [-0.39, 0.29) is 0 Å². The SMILES string of the molecule is CNC1CCCNC1Cc1cccc(-c2ccccc2)n1. The second-order valence-electron chi connectivity index (χ2n) is 5.68. The van der Waals surface area contributed by atoms with E-state index in [1.54, 1.807) is 0 Å². The van der Waals surface area contributed by atoms with Crippen molar-refractivity contribution in [3.63, 3.8) is 0 Å². The Morgan fingerprint density at radius 2 is 2.00 bits per heavy atom. The van der Waals surface area contributed by atoms with Crippen molar-refractivity contribution in [3.05, 3.63) is 54.2 Å². The number of aromatic nitrogens is 1. The van der Waals surface area contributed by atoms with Gasteiger partial charge >= 0.3 is 0 Å². The molecule has 0 radical (unpaired) electrons. The Hall–Kier alpha value is -1.71. The first-order valence-electron chi connectivity index (χ1n) is 7.79. The fourth-order valence-corrected chi connectivity index (χ4v) is 3.10. The first-order chi connectivity index (χ1) is 10.4. The summed E-state index contributed by atoms with van der Waals surface area (Å²) in [5.41, 5.74) is 3.40. The van der Waals surface area contributed by atoms with Crippen LogP contribution in [-0.4, -0.2) is 30.7 Å². The van der Waals surface area contributed by atoms with E-state index in [0.717, 1.165) is 24.4 Å². The van der Waals surface area contributed by atoms with Crippen LogP contribution >= 0.6 is 0 Å². The molecule has 3 rings (SSSR count). The number of rotatable bonds is 4. The van der Waals surface area contributed by atoms with E-state index in [9.17, 15) is 0 Å². The molecule has 2 unspecified atom stereocenters. The normalized spacial score (nSPS) is 22.1. The summed E-state index contributed by atoms with van der Waals surface area (Å²) in [6.07, 6.45) is 3.47. The molecule has 3 nitrogen and oxygen atoms in total. The molecule has 1 aliphatic heterocycles. The van der Waals surface area contributed by atoms with Gasteiger partial charge in [-0.05, 0) is 38.6 Å². The highest BCUT2D eigenvalue weighted by Gasteiger charge is 2.23. The number of pyridine rings is 1. The molecule has 1 aromatic heterocycles. The number of hydrogen-bond acceptors (Lipinski definition) is 3. The number of hydrogen-bond donors (Lipinski definition) is 2. The quantitative estimate of drug-likeness (QED) is 0.904. The molecule has 0 bridgehead atoms. The highest BCUT2D eigenvalue weighted by Crippen LogP contribution is 2.18. The second-order valence-corrected chi connectivity index (χ2v) is 5.68. The van der Waals surface area contributed by atoms with Gasteiger partial charge in [0.25, 0.3) is 0 Å². The van der Waals surface area contributed by atoms with E-state index in [0.29, 0.717) is 12.1 Å². The van der Waals surface area contributed by atoms with Crippen LogP contribution in [0.1, 0.15) is 18.5 Å². The van der Waals surface area contributed by atoms with Crippen LogP contribution in [0.15, 0.2) is 48.5 Å². The largest absolute Gasteiger partial charge is 0.315 e. The van der Waals surface area contributed by atoms with Crippen molar-refractivity contribution in [2.45, 2.75) is 31.3 Å². The predicted octanol–water partition coefficient (Wildman–Crippen LogP) is 2.63. The molecule has 2 aromatic rings. The lowest BCUT2D eigenvalue weighted by molar-refractivity contribution is 0.312. The van der Waals surface area contributed by atoms with E-state index in [2.05, 4.69) is 60.1 Å². The van der Waals surface area contributed by atoms with E-state index >= 15 is 0 Å². The average Bonchev–Trinajstić information content (AvgIpc) is 2.56. The van der Waals surface area contributed by atoms with Crippen LogP contribution in [0.3, 0.4) is 0 Å². The van der Waals surface area contributed by atoms with E-state index in [1.165, 1.54) is 18.4 Å². The fourth-order valence-electron chi connectivity index (χ4n) is 3.10. The number of nitrogens with zero attached hydrogens (tertiary/aromatic N) is 1. The van der Waals surface area contributed by atoms with Crippen LogP contribution in [-0.2, 0) is 6.42 Å². The summed E-state index contributed by atoms with van der Waals surface area (Å²) in [6, 6.07) is 17.7. The second kappa shape index (κ2) is 6.83. The Morgan fingerprint density at radius 3 is 2.81 bits per heavy atom. The topological polar surface area (TPSA) is 37.0 Å². The third-order valence-electron chi connectivity index (χ3n) is 4.26. The summed E-state index contributed by atoms with van der Waals surface area (Å²) in [6.45, 7) is 1.11. The minimum atomic E-state index is 0.474. The fraction of sp³-hybridized carbons (Fsp3) is 0.389. The summed E-state index contributed by atoms with van der Waals surface area (Å²) in [4.78, 5) is 4.84.